The lowest BCUT2D eigenvalue weighted by molar-refractivity contribution is -0.140. The normalized spacial score (nSPS) is 18.8. The molecule has 0 spiro atoms. The molecular formula is C27H30F3N5O2. The van der Waals surface area contributed by atoms with Crippen LogP contribution in [0.4, 0.5) is 13.2 Å². The first kappa shape index (κ1) is 26.4. The highest BCUT2D eigenvalue weighted by Crippen LogP contribution is 2.37. The Balaban J connectivity index is 1.67. The van der Waals surface area contributed by atoms with Crippen molar-refractivity contribution in [2.45, 2.75) is 44.3 Å². The third-order valence-electron chi connectivity index (χ3n) is 6.93. The van der Waals surface area contributed by atoms with Crippen LogP contribution in [0, 0.1) is 11.8 Å². The largest absolute Gasteiger partial charge is 0.433 e. The van der Waals surface area contributed by atoms with Crippen molar-refractivity contribution < 1.29 is 22.8 Å². The lowest BCUT2D eigenvalue weighted by Gasteiger charge is -2.28. The molecule has 10 heteroatoms. The number of H-pyrrole nitrogens is 1. The number of hydrogen-bond acceptors (Lipinski definition) is 4. The molecule has 4 rings (SSSR count). The highest BCUT2D eigenvalue weighted by Gasteiger charge is 2.38. The molecule has 37 heavy (non-hydrogen) atoms. The topological polar surface area (TPSA) is 127 Å². The molecule has 0 bridgehead atoms. The Morgan fingerprint density at radius 2 is 1.68 bits per heavy atom. The van der Waals surface area contributed by atoms with Crippen molar-refractivity contribution in [3.8, 4) is 11.3 Å². The summed E-state index contributed by atoms with van der Waals surface area (Å²) in [6.45, 7) is 0.584. The Labute approximate surface area is 212 Å². The van der Waals surface area contributed by atoms with E-state index in [9.17, 15) is 22.8 Å². The molecule has 1 aliphatic carbocycles. The molecular weight excluding hydrogens is 483 g/mol. The second-order valence-corrected chi connectivity index (χ2v) is 9.49. The summed E-state index contributed by atoms with van der Waals surface area (Å²) < 4.78 is 42.1. The molecule has 0 radical (unpaired) electrons. The molecule has 1 aliphatic rings. The number of hydrogen-bond donors (Lipinski definition) is 4. The minimum absolute atomic E-state index is 0.00847. The summed E-state index contributed by atoms with van der Waals surface area (Å²) in [4.78, 5) is 31.3. The van der Waals surface area contributed by atoms with E-state index in [1.54, 1.807) is 0 Å². The monoisotopic (exact) mass is 513 g/mol. The number of carbonyl (C=O) groups is 2. The zero-order chi connectivity index (χ0) is 26.6. The molecule has 0 aliphatic heterocycles. The van der Waals surface area contributed by atoms with Gasteiger partial charge in [-0.1, -0.05) is 42.5 Å². The van der Waals surface area contributed by atoms with Crippen molar-refractivity contribution in [2.75, 3.05) is 6.54 Å². The first-order valence-electron chi connectivity index (χ1n) is 12.3. The summed E-state index contributed by atoms with van der Waals surface area (Å²) in [7, 11) is 0. The van der Waals surface area contributed by atoms with E-state index in [1.807, 2.05) is 30.3 Å². The maximum absolute atomic E-state index is 14.0. The van der Waals surface area contributed by atoms with Crippen LogP contribution in [0.3, 0.4) is 0 Å². The molecule has 3 aromatic rings. The van der Waals surface area contributed by atoms with Crippen molar-refractivity contribution in [3.05, 3.63) is 77.2 Å². The number of amides is 2. The molecule has 196 valence electrons. The molecule has 2 amide bonds. The predicted molar refractivity (Wildman–Crippen MR) is 133 cm³/mol. The van der Waals surface area contributed by atoms with Crippen LogP contribution in [0.25, 0.3) is 11.3 Å². The molecule has 0 saturated heterocycles. The first-order chi connectivity index (χ1) is 17.7. The van der Waals surface area contributed by atoms with Crippen molar-refractivity contribution in [3.63, 3.8) is 0 Å². The van der Waals surface area contributed by atoms with Gasteiger partial charge in [-0.2, -0.15) is 13.2 Å². The summed E-state index contributed by atoms with van der Waals surface area (Å²) in [6.07, 6.45) is -1.38. The molecule has 0 unspecified atom stereocenters. The molecule has 1 aromatic heterocycles. The van der Waals surface area contributed by atoms with Gasteiger partial charge in [0.15, 0.2) is 0 Å². The van der Waals surface area contributed by atoms with E-state index >= 15 is 0 Å². The Kier molecular flexibility index (Phi) is 7.97. The van der Waals surface area contributed by atoms with Crippen molar-refractivity contribution in [2.24, 2.45) is 23.3 Å². The highest BCUT2D eigenvalue weighted by atomic mass is 19.4. The van der Waals surface area contributed by atoms with E-state index in [1.165, 1.54) is 24.3 Å². The second-order valence-electron chi connectivity index (χ2n) is 9.49. The molecule has 2 aromatic carbocycles. The number of imidazole rings is 1. The van der Waals surface area contributed by atoms with E-state index in [-0.39, 0.29) is 40.9 Å². The maximum Gasteiger partial charge on any atom is 0.433 e. The number of nitrogens with zero attached hydrogens (tertiary/aromatic N) is 1. The smallest absolute Gasteiger partial charge is 0.366 e. The second kappa shape index (κ2) is 11.2. The third-order valence-corrected chi connectivity index (χ3v) is 6.93. The Bertz CT molecular complexity index is 1220. The number of primary amides is 1. The van der Waals surface area contributed by atoms with Gasteiger partial charge in [0.2, 0.25) is 11.8 Å². The average molecular weight is 514 g/mol. The summed E-state index contributed by atoms with van der Waals surface area (Å²) in [6, 6.07) is 13.9. The Morgan fingerprint density at radius 1 is 1.03 bits per heavy atom. The number of halogens is 3. The van der Waals surface area contributed by atoms with Crippen LogP contribution in [0.5, 0.6) is 0 Å². The predicted octanol–water partition coefficient (Wildman–Crippen LogP) is 4.36. The number of aromatic nitrogens is 2. The Hall–Kier alpha value is -3.66. The van der Waals surface area contributed by atoms with Gasteiger partial charge >= 0.3 is 6.18 Å². The molecule has 6 N–H and O–H groups in total. The summed E-state index contributed by atoms with van der Waals surface area (Å²) in [5, 5.41) is 2.96. The van der Waals surface area contributed by atoms with Crippen LogP contribution in [-0.4, -0.2) is 28.3 Å². The maximum atomic E-state index is 14.0. The van der Waals surface area contributed by atoms with Gasteiger partial charge in [-0.15, -0.1) is 0 Å². The van der Waals surface area contributed by atoms with Crippen molar-refractivity contribution in [1.29, 1.82) is 0 Å². The summed E-state index contributed by atoms with van der Waals surface area (Å²) in [5.74, 6) is -0.703. The van der Waals surface area contributed by atoms with Gasteiger partial charge in [-0.05, 0) is 62.3 Å². The number of benzene rings is 2. The SMILES string of the molecule is NC[C@H]1CC[C@H](C(=O)N[C@@H](Cc2ccccc2)c2nc(-c3ccc(C(N)=O)cc3)c(C(F)(F)F)[nH]2)CC1. The van der Waals surface area contributed by atoms with Gasteiger partial charge in [0.05, 0.1) is 6.04 Å². The number of rotatable bonds is 8. The van der Waals surface area contributed by atoms with Gasteiger partial charge in [-0.25, -0.2) is 4.98 Å². The molecule has 7 nitrogen and oxygen atoms in total. The van der Waals surface area contributed by atoms with Crippen LogP contribution >= 0.6 is 0 Å². The number of carbonyl (C=O) groups excluding carboxylic acids is 2. The summed E-state index contributed by atoms with van der Waals surface area (Å²) >= 11 is 0. The van der Waals surface area contributed by atoms with E-state index in [2.05, 4.69) is 15.3 Å². The minimum Gasteiger partial charge on any atom is -0.366 e. The fourth-order valence-electron chi connectivity index (χ4n) is 4.78. The van der Waals surface area contributed by atoms with Crippen LogP contribution in [0.2, 0.25) is 0 Å². The van der Waals surface area contributed by atoms with Gasteiger partial charge in [-0.3, -0.25) is 9.59 Å². The number of alkyl halides is 3. The van der Waals surface area contributed by atoms with Crippen LogP contribution in [0.15, 0.2) is 54.6 Å². The van der Waals surface area contributed by atoms with Crippen molar-refractivity contribution >= 4 is 11.8 Å². The van der Waals surface area contributed by atoms with Gasteiger partial charge in [0.1, 0.15) is 17.2 Å². The van der Waals surface area contributed by atoms with Gasteiger partial charge in [0, 0.05) is 17.0 Å². The number of nitrogens with one attached hydrogen (secondary N) is 2. The molecule has 1 heterocycles. The number of aromatic amines is 1. The Morgan fingerprint density at radius 3 is 2.24 bits per heavy atom. The van der Waals surface area contributed by atoms with E-state index in [0.717, 1.165) is 18.4 Å². The standard InChI is InChI=1S/C27H30F3N5O2/c28-27(29,30)23-22(18-10-12-19(13-11-18)24(32)36)34-25(35-23)21(14-16-4-2-1-3-5-16)33-26(37)20-8-6-17(15-31)7-9-20/h1-5,10-13,17,20-21H,6-9,14-15,31H2,(H2,32,36)(H,33,37)(H,34,35)/t17-,20-,21-/m0/s1. The third kappa shape index (κ3) is 6.37. The van der Waals surface area contributed by atoms with Crippen LogP contribution in [0.1, 0.15) is 59.2 Å². The van der Waals surface area contributed by atoms with Crippen molar-refractivity contribution in [1.82, 2.24) is 15.3 Å². The molecule has 1 fully saturated rings. The fraction of sp³-hybridized carbons (Fsp3) is 0.370. The first-order valence-corrected chi connectivity index (χ1v) is 12.3. The number of nitrogens with two attached hydrogens (primary N) is 2. The zero-order valence-electron chi connectivity index (χ0n) is 20.2. The highest BCUT2D eigenvalue weighted by molar-refractivity contribution is 5.93. The average Bonchev–Trinajstić information content (AvgIpc) is 3.35. The minimum atomic E-state index is -4.72. The molecule has 1 atom stereocenters. The van der Waals surface area contributed by atoms with Gasteiger partial charge in [0.25, 0.3) is 0 Å². The van der Waals surface area contributed by atoms with E-state index < -0.39 is 23.8 Å². The van der Waals surface area contributed by atoms with Crippen LogP contribution < -0.4 is 16.8 Å². The lowest BCUT2D eigenvalue weighted by Crippen LogP contribution is -2.37. The fourth-order valence-corrected chi connectivity index (χ4v) is 4.78. The molecule has 1 saturated carbocycles. The lowest BCUT2D eigenvalue weighted by atomic mass is 9.81. The van der Waals surface area contributed by atoms with E-state index in [0.29, 0.717) is 25.3 Å². The zero-order valence-corrected chi connectivity index (χ0v) is 20.2. The van der Waals surface area contributed by atoms with Crippen LogP contribution in [-0.2, 0) is 17.4 Å². The van der Waals surface area contributed by atoms with Gasteiger partial charge < -0.3 is 21.8 Å². The quantitative estimate of drug-likeness (QED) is 0.357. The summed E-state index contributed by atoms with van der Waals surface area (Å²) in [5.41, 5.74) is 10.9. The van der Waals surface area contributed by atoms with E-state index in [4.69, 9.17) is 11.5 Å².